The van der Waals surface area contributed by atoms with Crippen LogP contribution < -0.4 is 0 Å². The summed E-state index contributed by atoms with van der Waals surface area (Å²) in [6, 6.07) is 0. The highest BCUT2D eigenvalue weighted by atomic mass is 16.2. The molecule has 1 N–H and O–H groups in total. The Morgan fingerprint density at radius 1 is 1.05 bits per heavy atom. The zero-order chi connectivity index (χ0) is 14.1. The Bertz CT molecular complexity index is 529. The molecule has 1 fully saturated rings. The van der Waals surface area contributed by atoms with Crippen molar-refractivity contribution in [2.75, 3.05) is 26.2 Å². The molecule has 1 aliphatic heterocycles. The van der Waals surface area contributed by atoms with Crippen molar-refractivity contribution in [3.05, 3.63) is 17.0 Å². The van der Waals surface area contributed by atoms with Crippen LogP contribution in [0.2, 0.25) is 0 Å². The summed E-state index contributed by atoms with van der Waals surface area (Å²) < 4.78 is 0. The number of H-pyrrole nitrogens is 1. The van der Waals surface area contributed by atoms with E-state index < -0.39 is 0 Å². The van der Waals surface area contributed by atoms with E-state index in [1.165, 1.54) is 6.42 Å². The number of aryl methyl sites for hydroxylation is 1. The molecule has 2 amide bonds. The smallest absolute Gasteiger partial charge is 0.274 e. The van der Waals surface area contributed by atoms with Crippen LogP contribution in [0.5, 0.6) is 0 Å². The minimum Gasteiger partial charge on any atom is -0.339 e. The summed E-state index contributed by atoms with van der Waals surface area (Å²) in [6.07, 6.45) is 4.24. The summed E-state index contributed by atoms with van der Waals surface area (Å²) in [5.41, 5.74) is 2.83. The third-order valence-corrected chi connectivity index (χ3v) is 4.27. The van der Waals surface area contributed by atoms with Gasteiger partial charge < -0.3 is 9.80 Å². The first kappa shape index (κ1) is 13.1. The Labute approximate surface area is 118 Å². The van der Waals surface area contributed by atoms with Crippen molar-refractivity contribution < 1.29 is 9.59 Å². The van der Waals surface area contributed by atoms with Gasteiger partial charge in [-0.3, -0.25) is 14.7 Å². The molecule has 0 atom stereocenters. The quantitative estimate of drug-likeness (QED) is 0.816. The van der Waals surface area contributed by atoms with Gasteiger partial charge in [0.15, 0.2) is 5.69 Å². The van der Waals surface area contributed by atoms with Gasteiger partial charge in [-0.05, 0) is 25.7 Å². The first-order valence-corrected chi connectivity index (χ1v) is 7.27. The van der Waals surface area contributed by atoms with Gasteiger partial charge in [0.1, 0.15) is 0 Å². The normalized spacial score (nSPS) is 18.9. The van der Waals surface area contributed by atoms with Crippen LogP contribution in [0.1, 0.15) is 41.5 Å². The molecule has 0 unspecified atom stereocenters. The molecular weight excluding hydrogens is 256 g/mol. The molecule has 1 aliphatic carbocycles. The number of carbonyl (C=O) groups excluding carboxylic acids is 2. The van der Waals surface area contributed by atoms with E-state index in [-0.39, 0.29) is 11.8 Å². The Morgan fingerprint density at radius 2 is 1.70 bits per heavy atom. The summed E-state index contributed by atoms with van der Waals surface area (Å²) in [6.45, 7) is 4.00. The van der Waals surface area contributed by atoms with Crippen LogP contribution in [0.15, 0.2) is 0 Å². The molecule has 108 valence electrons. The van der Waals surface area contributed by atoms with Gasteiger partial charge in [0, 0.05) is 44.4 Å². The monoisotopic (exact) mass is 276 g/mol. The maximum Gasteiger partial charge on any atom is 0.274 e. The number of aromatic amines is 1. The van der Waals surface area contributed by atoms with Crippen molar-refractivity contribution in [1.82, 2.24) is 20.0 Å². The third kappa shape index (κ3) is 2.30. The van der Waals surface area contributed by atoms with E-state index in [2.05, 4.69) is 10.2 Å². The van der Waals surface area contributed by atoms with Crippen LogP contribution in [-0.2, 0) is 17.6 Å². The zero-order valence-corrected chi connectivity index (χ0v) is 11.8. The second-order valence-corrected chi connectivity index (χ2v) is 5.53. The van der Waals surface area contributed by atoms with Gasteiger partial charge in [-0.25, -0.2) is 0 Å². The standard InChI is InChI=1S/C14H20N4O2/c1-10(19)17-6-8-18(9-7-17)14(20)13-11-4-2-3-5-12(11)15-16-13/h2-9H2,1H3,(H,15,16). The van der Waals surface area contributed by atoms with Crippen LogP contribution in [-0.4, -0.2) is 58.0 Å². The second-order valence-electron chi connectivity index (χ2n) is 5.53. The number of nitrogens with zero attached hydrogens (tertiary/aromatic N) is 3. The molecule has 6 nitrogen and oxygen atoms in total. The minimum absolute atomic E-state index is 0.00704. The predicted molar refractivity (Wildman–Crippen MR) is 73.4 cm³/mol. The topological polar surface area (TPSA) is 69.3 Å². The third-order valence-electron chi connectivity index (χ3n) is 4.27. The molecule has 6 heteroatoms. The van der Waals surface area contributed by atoms with Crippen molar-refractivity contribution >= 4 is 11.8 Å². The molecule has 0 spiro atoms. The number of piperazine rings is 1. The van der Waals surface area contributed by atoms with Crippen LogP contribution >= 0.6 is 0 Å². The van der Waals surface area contributed by atoms with Crippen LogP contribution in [0, 0.1) is 0 Å². The van der Waals surface area contributed by atoms with Crippen molar-refractivity contribution in [2.45, 2.75) is 32.6 Å². The fourth-order valence-electron chi connectivity index (χ4n) is 3.03. The fourth-order valence-corrected chi connectivity index (χ4v) is 3.03. The molecular formula is C14H20N4O2. The molecule has 2 heterocycles. The lowest BCUT2D eigenvalue weighted by Gasteiger charge is -2.34. The van der Waals surface area contributed by atoms with Crippen molar-refractivity contribution in [3.63, 3.8) is 0 Å². The maximum absolute atomic E-state index is 12.5. The highest BCUT2D eigenvalue weighted by Crippen LogP contribution is 2.23. The number of amides is 2. The summed E-state index contributed by atoms with van der Waals surface area (Å²) in [5.74, 6) is 0.0850. The number of hydrogen-bond donors (Lipinski definition) is 1. The van der Waals surface area contributed by atoms with Gasteiger partial charge in [0.25, 0.3) is 5.91 Å². The van der Waals surface area contributed by atoms with Gasteiger partial charge in [0.2, 0.25) is 5.91 Å². The second kappa shape index (κ2) is 5.26. The molecule has 0 aromatic carbocycles. The maximum atomic E-state index is 12.5. The Hall–Kier alpha value is -1.85. The lowest BCUT2D eigenvalue weighted by atomic mass is 9.95. The zero-order valence-electron chi connectivity index (χ0n) is 11.8. The molecule has 0 radical (unpaired) electrons. The van der Waals surface area contributed by atoms with E-state index in [4.69, 9.17) is 0 Å². The summed E-state index contributed by atoms with van der Waals surface area (Å²) in [4.78, 5) is 27.4. The fraction of sp³-hybridized carbons (Fsp3) is 0.643. The molecule has 1 saturated heterocycles. The van der Waals surface area contributed by atoms with Gasteiger partial charge >= 0.3 is 0 Å². The van der Waals surface area contributed by atoms with Gasteiger partial charge in [-0.1, -0.05) is 0 Å². The molecule has 0 bridgehead atoms. The lowest BCUT2D eigenvalue weighted by Crippen LogP contribution is -2.50. The summed E-state index contributed by atoms with van der Waals surface area (Å²) >= 11 is 0. The Balaban J connectivity index is 1.71. The average molecular weight is 276 g/mol. The number of rotatable bonds is 1. The molecule has 1 aromatic rings. The van der Waals surface area contributed by atoms with Crippen molar-refractivity contribution in [2.24, 2.45) is 0 Å². The molecule has 3 rings (SSSR count). The molecule has 2 aliphatic rings. The molecule has 20 heavy (non-hydrogen) atoms. The van der Waals surface area contributed by atoms with E-state index in [9.17, 15) is 9.59 Å². The summed E-state index contributed by atoms with van der Waals surface area (Å²) in [5, 5.41) is 7.24. The van der Waals surface area contributed by atoms with E-state index in [1.807, 2.05) is 4.90 Å². The lowest BCUT2D eigenvalue weighted by molar-refractivity contribution is -0.130. The average Bonchev–Trinajstić information content (AvgIpc) is 2.90. The van der Waals surface area contributed by atoms with Crippen LogP contribution in [0.4, 0.5) is 0 Å². The SMILES string of the molecule is CC(=O)N1CCN(C(=O)c2n[nH]c3c2CCCC3)CC1. The number of carbonyl (C=O) groups is 2. The first-order valence-electron chi connectivity index (χ1n) is 7.27. The van der Waals surface area contributed by atoms with Crippen molar-refractivity contribution in [1.29, 1.82) is 0 Å². The number of hydrogen-bond acceptors (Lipinski definition) is 3. The molecule has 1 aromatic heterocycles. The van der Waals surface area contributed by atoms with Gasteiger partial charge in [0.05, 0.1) is 0 Å². The number of aromatic nitrogens is 2. The van der Waals surface area contributed by atoms with Crippen molar-refractivity contribution in [3.8, 4) is 0 Å². The predicted octanol–water partition coefficient (Wildman–Crippen LogP) is 0.593. The number of fused-ring (bicyclic) bond motifs is 1. The van der Waals surface area contributed by atoms with E-state index in [1.54, 1.807) is 11.8 Å². The van der Waals surface area contributed by atoms with Gasteiger partial charge in [-0.15, -0.1) is 0 Å². The first-order chi connectivity index (χ1) is 9.66. The molecule has 0 saturated carbocycles. The highest BCUT2D eigenvalue weighted by molar-refractivity contribution is 5.94. The van der Waals surface area contributed by atoms with E-state index in [0.29, 0.717) is 31.9 Å². The summed E-state index contributed by atoms with van der Waals surface area (Å²) in [7, 11) is 0. The minimum atomic E-state index is 0.00704. The Morgan fingerprint density at radius 3 is 2.40 bits per heavy atom. The largest absolute Gasteiger partial charge is 0.339 e. The van der Waals surface area contributed by atoms with Crippen LogP contribution in [0.25, 0.3) is 0 Å². The van der Waals surface area contributed by atoms with Crippen LogP contribution in [0.3, 0.4) is 0 Å². The van der Waals surface area contributed by atoms with Gasteiger partial charge in [-0.2, -0.15) is 5.10 Å². The highest BCUT2D eigenvalue weighted by Gasteiger charge is 2.28. The number of nitrogens with one attached hydrogen (secondary N) is 1. The van der Waals surface area contributed by atoms with E-state index >= 15 is 0 Å². The van der Waals surface area contributed by atoms with E-state index in [0.717, 1.165) is 30.5 Å². The Kier molecular flexibility index (Phi) is 3.46.